The Kier molecular flexibility index (Phi) is 7.48. The number of nitrogens with zero attached hydrogens (tertiary/aromatic N) is 1. The molecule has 138 valence electrons. The molecule has 0 atom stereocenters. The minimum Gasteiger partial charge on any atom is -0.494 e. The van der Waals surface area contributed by atoms with Gasteiger partial charge in [-0.2, -0.15) is 0 Å². The van der Waals surface area contributed by atoms with Gasteiger partial charge in [-0.3, -0.25) is 9.59 Å². The SMILES string of the molecule is CCOc1ccc(CN(C)C(=O)COC(=O)Cc2ccc(Cl)cc2)cc1. The Morgan fingerprint density at radius 2 is 1.62 bits per heavy atom. The molecular formula is C20H22ClNO4. The highest BCUT2D eigenvalue weighted by molar-refractivity contribution is 6.30. The summed E-state index contributed by atoms with van der Waals surface area (Å²) in [6.45, 7) is 2.69. The molecule has 6 heteroatoms. The summed E-state index contributed by atoms with van der Waals surface area (Å²) >= 11 is 5.80. The number of amides is 1. The van der Waals surface area contributed by atoms with Crippen LogP contribution in [0.15, 0.2) is 48.5 Å². The second-order valence-corrected chi connectivity index (χ2v) is 6.23. The fraction of sp³-hybridized carbons (Fsp3) is 0.300. The molecule has 1 amide bonds. The Balaban J connectivity index is 1.77. The van der Waals surface area contributed by atoms with Crippen molar-refractivity contribution >= 4 is 23.5 Å². The van der Waals surface area contributed by atoms with Gasteiger partial charge in [-0.05, 0) is 42.3 Å². The molecule has 0 saturated carbocycles. The molecule has 2 aromatic carbocycles. The van der Waals surface area contributed by atoms with Crippen LogP contribution < -0.4 is 4.74 Å². The first-order valence-electron chi connectivity index (χ1n) is 8.33. The highest BCUT2D eigenvalue weighted by atomic mass is 35.5. The van der Waals surface area contributed by atoms with Crippen molar-refractivity contribution in [3.05, 3.63) is 64.7 Å². The summed E-state index contributed by atoms with van der Waals surface area (Å²) in [6.07, 6.45) is 0.104. The Hall–Kier alpha value is -2.53. The Labute approximate surface area is 158 Å². The van der Waals surface area contributed by atoms with Crippen LogP contribution in [0.5, 0.6) is 5.75 Å². The van der Waals surface area contributed by atoms with Crippen LogP contribution in [0.4, 0.5) is 0 Å². The highest BCUT2D eigenvalue weighted by Gasteiger charge is 2.13. The Morgan fingerprint density at radius 1 is 1.00 bits per heavy atom. The standard InChI is InChI=1S/C20H22ClNO4/c1-3-25-18-10-6-16(7-11-18)13-22(2)19(23)14-26-20(24)12-15-4-8-17(21)9-5-15/h4-11H,3,12-14H2,1-2H3. The number of benzene rings is 2. The molecule has 2 rings (SSSR count). The molecule has 0 spiro atoms. The van der Waals surface area contributed by atoms with Gasteiger partial charge in [0.1, 0.15) is 5.75 Å². The van der Waals surface area contributed by atoms with Crippen molar-refractivity contribution in [3.63, 3.8) is 0 Å². The molecule has 0 aliphatic carbocycles. The number of carbonyl (C=O) groups is 2. The van der Waals surface area contributed by atoms with Gasteiger partial charge < -0.3 is 14.4 Å². The van der Waals surface area contributed by atoms with Gasteiger partial charge in [0.25, 0.3) is 5.91 Å². The quantitative estimate of drug-likeness (QED) is 0.663. The third-order valence-electron chi connectivity index (χ3n) is 3.70. The summed E-state index contributed by atoms with van der Waals surface area (Å²) in [4.78, 5) is 25.5. The number of halogens is 1. The lowest BCUT2D eigenvalue weighted by Crippen LogP contribution is -2.31. The van der Waals surface area contributed by atoms with Crippen LogP contribution in [0.1, 0.15) is 18.1 Å². The van der Waals surface area contributed by atoms with Crippen LogP contribution in [-0.4, -0.2) is 37.0 Å². The molecule has 26 heavy (non-hydrogen) atoms. The monoisotopic (exact) mass is 375 g/mol. The minimum atomic E-state index is -0.449. The maximum absolute atomic E-state index is 12.1. The molecule has 0 N–H and O–H groups in total. The van der Waals surface area contributed by atoms with E-state index in [1.807, 2.05) is 31.2 Å². The molecule has 0 saturated heterocycles. The molecular weight excluding hydrogens is 354 g/mol. The van der Waals surface area contributed by atoms with Crippen molar-refractivity contribution in [1.29, 1.82) is 0 Å². The van der Waals surface area contributed by atoms with Crippen LogP contribution in [0.2, 0.25) is 5.02 Å². The van der Waals surface area contributed by atoms with Gasteiger partial charge in [-0.15, -0.1) is 0 Å². The maximum Gasteiger partial charge on any atom is 0.310 e. The van der Waals surface area contributed by atoms with Crippen molar-refractivity contribution in [1.82, 2.24) is 4.90 Å². The van der Waals surface area contributed by atoms with E-state index in [1.54, 1.807) is 31.3 Å². The van der Waals surface area contributed by atoms with E-state index in [-0.39, 0.29) is 18.9 Å². The molecule has 0 unspecified atom stereocenters. The van der Waals surface area contributed by atoms with Gasteiger partial charge in [-0.25, -0.2) is 0 Å². The fourth-order valence-electron chi connectivity index (χ4n) is 2.29. The van der Waals surface area contributed by atoms with Gasteiger partial charge in [0.15, 0.2) is 6.61 Å². The van der Waals surface area contributed by atoms with Gasteiger partial charge in [0.2, 0.25) is 0 Å². The average molecular weight is 376 g/mol. The maximum atomic E-state index is 12.1. The van der Waals surface area contributed by atoms with E-state index in [9.17, 15) is 9.59 Å². The summed E-state index contributed by atoms with van der Waals surface area (Å²) in [5.74, 6) is 0.0832. The first kappa shape index (κ1) is 19.8. The summed E-state index contributed by atoms with van der Waals surface area (Å²) in [5.41, 5.74) is 1.76. The normalized spacial score (nSPS) is 10.3. The zero-order valence-electron chi connectivity index (χ0n) is 14.9. The fourth-order valence-corrected chi connectivity index (χ4v) is 2.42. The van der Waals surface area contributed by atoms with E-state index in [0.717, 1.165) is 16.9 Å². The number of ether oxygens (including phenoxy) is 2. The molecule has 0 aromatic heterocycles. The highest BCUT2D eigenvalue weighted by Crippen LogP contribution is 2.13. The molecule has 0 bridgehead atoms. The topological polar surface area (TPSA) is 55.8 Å². The average Bonchev–Trinajstić information content (AvgIpc) is 2.63. The van der Waals surface area contributed by atoms with E-state index in [1.165, 1.54) is 4.90 Å². The van der Waals surface area contributed by atoms with E-state index in [0.29, 0.717) is 18.2 Å². The van der Waals surface area contributed by atoms with Gasteiger partial charge in [-0.1, -0.05) is 35.9 Å². The second-order valence-electron chi connectivity index (χ2n) is 5.79. The first-order chi connectivity index (χ1) is 12.5. The largest absolute Gasteiger partial charge is 0.494 e. The predicted molar refractivity (Wildman–Crippen MR) is 100 cm³/mol. The molecule has 2 aromatic rings. The van der Waals surface area contributed by atoms with E-state index in [4.69, 9.17) is 21.1 Å². The molecule has 0 aliphatic rings. The van der Waals surface area contributed by atoms with Crippen molar-refractivity contribution in [3.8, 4) is 5.75 Å². The number of carbonyl (C=O) groups excluding carboxylic acids is 2. The van der Waals surface area contributed by atoms with E-state index < -0.39 is 5.97 Å². The molecule has 0 heterocycles. The zero-order chi connectivity index (χ0) is 18.9. The predicted octanol–water partition coefficient (Wildman–Crippen LogP) is 3.48. The van der Waals surface area contributed by atoms with Crippen LogP contribution in [0.3, 0.4) is 0 Å². The smallest absolute Gasteiger partial charge is 0.310 e. The second kappa shape index (κ2) is 9.82. The number of hydrogen-bond donors (Lipinski definition) is 0. The number of esters is 1. The summed E-state index contributed by atoms with van der Waals surface area (Å²) in [7, 11) is 1.67. The van der Waals surface area contributed by atoms with Crippen LogP contribution >= 0.6 is 11.6 Å². The third-order valence-corrected chi connectivity index (χ3v) is 3.95. The molecule has 0 radical (unpaired) electrons. The Bertz CT molecular complexity index is 728. The Morgan fingerprint density at radius 3 is 2.23 bits per heavy atom. The summed E-state index contributed by atoms with van der Waals surface area (Å²) in [5, 5.41) is 0.605. The lowest BCUT2D eigenvalue weighted by molar-refractivity contribution is -0.151. The van der Waals surface area contributed by atoms with Crippen molar-refractivity contribution in [2.75, 3.05) is 20.3 Å². The lowest BCUT2D eigenvalue weighted by Gasteiger charge is -2.17. The van der Waals surface area contributed by atoms with Crippen molar-refractivity contribution in [2.24, 2.45) is 0 Å². The van der Waals surface area contributed by atoms with Gasteiger partial charge >= 0.3 is 5.97 Å². The van der Waals surface area contributed by atoms with Crippen LogP contribution in [0, 0.1) is 0 Å². The van der Waals surface area contributed by atoms with Crippen LogP contribution in [-0.2, 0) is 27.3 Å². The van der Waals surface area contributed by atoms with Gasteiger partial charge in [0.05, 0.1) is 13.0 Å². The number of rotatable bonds is 8. The van der Waals surface area contributed by atoms with Gasteiger partial charge in [0, 0.05) is 18.6 Å². The van der Waals surface area contributed by atoms with Crippen molar-refractivity contribution < 1.29 is 19.1 Å². The zero-order valence-corrected chi connectivity index (χ0v) is 15.7. The molecule has 0 fully saturated rings. The number of hydrogen-bond acceptors (Lipinski definition) is 4. The van der Waals surface area contributed by atoms with Crippen molar-refractivity contribution in [2.45, 2.75) is 19.9 Å². The minimum absolute atomic E-state index is 0.104. The summed E-state index contributed by atoms with van der Waals surface area (Å²) < 4.78 is 10.5. The summed E-state index contributed by atoms with van der Waals surface area (Å²) in [6, 6.07) is 14.5. The van der Waals surface area contributed by atoms with Crippen LogP contribution in [0.25, 0.3) is 0 Å². The molecule has 5 nitrogen and oxygen atoms in total. The van der Waals surface area contributed by atoms with E-state index >= 15 is 0 Å². The third kappa shape index (κ3) is 6.41. The lowest BCUT2D eigenvalue weighted by atomic mass is 10.1. The first-order valence-corrected chi connectivity index (χ1v) is 8.71. The molecule has 0 aliphatic heterocycles. The van der Waals surface area contributed by atoms with E-state index in [2.05, 4.69) is 0 Å². The number of likely N-dealkylation sites (N-methyl/N-ethyl adjacent to an activating group) is 1.